The Hall–Kier alpha value is -5.58. The maximum absolute atomic E-state index is 13.6. The average molecular weight is 1080 g/mol. The third-order valence-electron chi connectivity index (χ3n) is 10.2. The molecule has 25 heteroatoms. The monoisotopic (exact) mass is 1080 g/mol. The number of carbonyl (C=O) groups is 3. The fourth-order valence-corrected chi connectivity index (χ4v) is 6.49. The van der Waals surface area contributed by atoms with Crippen LogP contribution in [-0.2, 0) is 73.1 Å². The summed E-state index contributed by atoms with van der Waals surface area (Å²) in [6.45, 7) is 11.4. The zero-order valence-electron chi connectivity index (χ0n) is 43.1. The van der Waals surface area contributed by atoms with Gasteiger partial charge < -0.3 is 63.2 Å². The van der Waals surface area contributed by atoms with Crippen LogP contribution in [0.1, 0.15) is 50.9 Å². The van der Waals surface area contributed by atoms with Gasteiger partial charge in [-0.1, -0.05) is 13.0 Å². The van der Waals surface area contributed by atoms with E-state index in [1.54, 1.807) is 18.5 Å². The van der Waals surface area contributed by atoms with E-state index >= 15 is 0 Å². The van der Waals surface area contributed by atoms with Crippen molar-refractivity contribution in [2.45, 2.75) is 46.1 Å². The summed E-state index contributed by atoms with van der Waals surface area (Å²) < 4.78 is 112. The molecule has 4 rings (SSSR count). The van der Waals surface area contributed by atoms with Crippen molar-refractivity contribution in [1.82, 2.24) is 20.3 Å². The molecule has 0 fully saturated rings. The summed E-state index contributed by atoms with van der Waals surface area (Å²) in [4.78, 5) is 56.4. The number of amides is 2. The van der Waals surface area contributed by atoms with Crippen molar-refractivity contribution in [3.63, 3.8) is 0 Å². The highest BCUT2D eigenvalue weighted by molar-refractivity contribution is 6.05. The number of aliphatic imine (C=N–C) groups is 1. The van der Waals surface area contributed by atoms with Crippen LogP contribution < -0.4 is 15.8 Å². The lowest BCUT2D eigenvalue weighted by Gasteiger charge is -2.21. The van der Waals surface area contributed by atoms with Crippen molar-refractivity contribution < 1.29 is 88.9 Å². The summed E-state index contributed by atoms with van der Waals surface area (Å²) in [5.41, 5.74) is 9.99. The largest absolute Gasteiger partial charge is 0.420 e. The van der Waals surface area contributed by atoms with E-state index in [-0.39, 0.29) is 70.3 Å². The molecule has 2 aromatic heterocycles. The van der Waals surface area contributed by atoms with Crippen molar-refractivity contribution in [3.8, 4) is 16.9 Å². The molecular weight excluding hydrogens is 1010 g/mol. The van der Waals surface area contributed by atoms with E-state index in [1.165, 1.54) is 5.06 Å². The number of hydrogen-bond donors (Lipinski definition) is 2. The Kier molecular flexibility index (Phi) is 31.5. The number of hydrogen-bond acceptors (Lipinski definition) is 19. The lowest BCUT2D eigenvalue weighted by atomic mass is 10.1. The zero-order valence-corrected chi connectivity index (χ0v) is 43.1. The number of rotatable bonds is 42. The van der Waals surface area contributed by atoms with Gasteiger partial charge in [0.05, 0.1) is 169 Å². The number of halogens is 4. The highest BCUT2D eigenvalue weighted by atomic mass is 19.2. The number of amidine groups is 1. The molecule has 21 nitrogen and oxygen atoms in total. The second-order valence-corrected chi connectivity index (χ2v) is 16.1. The minimum Gasteiger partial charge on any atom is -0.420 e. The maximum Gasteiger partial charge on any atom is 0.313 e. The van der Waals surface area contributed by atoms with Crippen LogP contribution in [0.5, 0.6) is 5.75 Å². The summed E-state index contributed by atoms with van der Waals surface area (Å²) in [6, 6.07) is 5.58. The second kappa shape index (κ2) is 38.0. The second-order valence-electron chi connectivity index (χ2n) is 16.1. The van der Waals surface area contributed by atoms with E-state index in [0.717, 1.165) is 17.5 Å². The van der Waals surface area contributed by atoms with Crippen LogP contribution in [0.25, 0.3) is 17.2 Å². The zero-order chi connectivity index (χ0) is 54.6. The van der Waals surface area contributed by atoms with Crippen molar-refractivity contribution in [3.05, 3.63) is 76.9 Å². The molecule has 0 spiro atoms. The number of pyridine rings is 2. The molecular formula is C51H70F4N6O15. The first-order chi connectivity index (χ1) is 37.0. The maximum atomic E-state index is 13.6. The van der Waals surface area contributed by atoms with Gasteiger partial charge in [-0.25, -0.2) is 18.8 Å². The van der Waals surface area contributed by atoms with E-state index in [2.05, 4.69) is 25.0 Å². The summed E-state index contributed by atoms with van der Waals surface area (Å²) in [7, 11) is 0. The number of hydroxylamine groups is 2. The van der Waals surface area contributed by atoms with E-state index in [1.807, 2.05) is 32.0 Å². The normalized spacial score (nSPS) is 12.2. The first-order valence-electron chi connectivity index (χ1n) is 25.0. The lowest BCUT2D eigenvalue weighted by Crippen LogP contribution is -2.34. The quantitative estimate of drug-likeness (QED) is 0.0193. The van der Waals surface area contributed by atoms with Crippen molar-refractivity contribution in [2.75, 3.05) is 145 Å². The molecule has 0 radical (unpaired) electrons. The predicted molar refractivity (Wildman–Crippen MR) is 266 cm³/mol. The summed E-state index contributed by atoms with van der Waals surface area (Å²) in [5.74, 6) is -9.67. The van der Waals surface area contributed by atoms with E-state index in [0.29, 0.717) is 141 Å². The van der Waals surface area contributed by atoms with E-state index in [4.69, 9.17) is 57.9 Å². The Morgan fingerprint density at radius 2 is 1.09 bits per heavy atom. The van der Waals surface area contributed by atoms with Gasteiger partial charge in [0.1, 0.15) is 5.84 Å². The Balaban J connectivity index is 0.854. The smallest absolute Gasteiger partial charge is 0.313 e. The van der Waals surface area contributed by atoms with Gasteiger partial charge in [-0.2, -0.15) is 8.78 Å². The number of aromatic nitrogens is 2. The molecule has 3 N–H and O–H groups in total. The fraction of sp³-hybridized carbons (Fsp3) is 0.569. The number of benzene rings is 1. The van der Waals surface area contributed by atoms with Gasteiger partial charge in [-0.05, 0) is 31.6 Å². The molecule has 76 heavy (non-hydrogen) atoms. The molecule has 1 aromatic carbocycles. The van der Waals surface area contributed by atoms with Crippen LogP contribution in [-0.4, -0.2) is 184 Å². The van der Waals surface area contributed by atoms with Gasteiger partial charge in [-0.3, -0.25) is 29.2 Å². The van der Waals surface area contributed by atoms with E-state index in [9.17, 15) is 31.9 Å². The highest BCUT2D eigenvalue weighted by Crippen LogP contribution is 2.31. The van der Waals surface area contributed by atoms with Crippen LogP contribution in [0.2, 0.25) is 0 Å². The van der Waals surface area contributed by atoms with Gasteiger partial charge in [-0.15, -0.1) is 0 Å². The lowest BCUT2D eigenvalue weighted by molar-refractivity contribution is -0.180. The van der Waals surface area contributed by atoms with Crippen LogP contribution in [0.3, 0.4) is 0 Å². The molecule has 0 bridgehead atoms. The van der Waals surface area contributed by atoms with Crippen molar-refractivity contribution >= 4 is 35.4 Å². The number of carbonyl (C=O) groups excluding carboxylic acids is 3. The Labute approximate surface area is 439 Å². The first-order valence-corrected chi connectivity index (χ1v) is 25.0. The molecule has 0 unspecified atom stereocenters. The van der Waals surface area contributed by atoms with Crippen LogP contribution >= 0.6 is 0 Å². The first kappa shape index (κ1) is 63.0. The third kappa shape index (κ3) is 25.1. The molecule has 1 aliphatic rings. The van der Waals surface area contributed by atoms with Gasteiger partial charge in [0.25, 0.3) is 5.91 Å². The number of fused-ring (bicyclic) bond motifs is 1. The summed E-state index contributed by atoms with van der Waals surface area (Å²) in [6.07, 6.45) is 5.81. The molecule has 2 amide bonds. The number of nitrogens with one attached hydrogen (secondary N) is 1. The standard InChI is InChI=1S/C51H70F4N6O15/c1-3-9-61(75-4-2)51(64)38-30-43-44(60-45(56)32-38)31-39(35-58-43)37-5-6-40(57-34-37)36-59-46(62)7-10-65-12-14-67-16-18-69-20-22-71-24-26-73-28-29-74-27-25-72-23-21-70-19-17-68-15-13-66-11-8-47(63)76-50-48(54)41(52)33-42(53)49(50)55/h5-6,30-31,33-35H,3-4,7-29,32,36H2,1-2H3,(H2,56,60)(H,59,62). The number of nitrogens with two attached hydrogens (primary N) is 1. The molecule has 3 aromatic rings. The molecule has 0 saturated heterocycles. The van der Waals surface area contributed by atoms with Gasteiger partial charge >= 0.3 is 5.97 Å². The van der Waals surface area contributed by atoms with E-state index < -0.39 is 41.4 Å². The fourth-order valence-electron chi connectivity index (χ4n) is 6.49. The molecule has 0 saturated carbocycles. The number of nitrogens with zero attached hydrogens (tertiary/aromatic N) is 4. The van der Waals surface area contributed by atoms with Crippen LogP contribution in [0.4, 0.5) is 23.2 Å². The molecule has 0 aliphatic carbocycles. The predicted octanol–water partition coefficient (Wildman–Crippen LogP) is 4.83. The number of ether oxygens (including phenoxy) is 11. The molecule has 3 heterocycles. The Morgan fingerprint density at radius 3 is 1.55 bits per heavy atom. The van der Waals surface area contributed by atoms with Gasteiger partial charge in [0, 0.05) is 54.5 Å². The number of esters is 1. The highest BCUT2D eigenvalue weighted by Gasteiger charge is 2.24. The SMILES string of the molecule is CCCN(OCC)C(=O)C1=Cc2ncc(-c3ccc(CNC(=O)CCOCCOCCOCCOCCOCCOCCOCCOCCOCCOCCC(=O)Oc4c(F)c(F)cc(F)c4F)nc3)cc2N=C(N)C1. The molecule has 1 aliphatic heterocycles. The van der Waals surface area contributed by atoms with Gasteiger partial charge in [0.2, 0.25) is 23.3 Å². The van der Waals surface area contributed by atoms with Crippen LogP contribution in [0, 0.1) is 23.3 Å². The topological polar surface area (TPSA) is 241 Å². The van der Waals surface area contributed by atoms with Gasteiger partial charge in [0.15, 0.2) is 11.6 Å². The van der Waals surface area contributed by atoms with Crippen molar-refractivity contribution in [1.29, 1.82) is 0 Å². The molecule has 0 atom stereocenters. The average Bonchev–Trinajstić information content (AvgIpc) is 3.59. The molecule has 422 valence electrons. The van der Waals surface area contributed by atoms with Crippen molar-refractivity contribution in [2.24, 2.45) is 10.7 Å². The summed E-state index contributed by atoms with van der Waals surface area (Å²) >= 11 is 0. The Morgan fingerprint density at radius 1 is 0.618 bits per heavy atom. The summed E-state index contributed by atoms with van der Waals surface area (Å²) in [5, 5.41) is 4.21. The minimum absolute atomic E-state index is 0.0137. The minimum atomic E-state index is -1.80. The Bertz CT molecular complexity index is 2220. The van der Waals surface area contributed by atoms with Crippen LogP contribution in [0.15, 0.2) is 47.2 Å². The third-order valence-corrected chi connectivity index (χ3v) is 10.2.